The van der Waals surface area contributed by atoms with Crippen LogP contribution in [-0.4, -0.2) is 28.7 Å². The maximum Gasteiger partial charge on any atom is 0.242 e. The highest BCUT2D eigenvalue weighted by molar-refractivity contribution is 5.94. The minimum atomic E-state index is -0.0477. The lowest BCUT2D eigenvalue weighted by molar-refractivity contribution is -0.117. The minimum Gasteiger partial charge on any atom is -0.308 e. The molecular weight excluding hydrogens is 288 g/mol. The maximum absolute atomic E-state index is 12.0. The number of anilines is 1. The Kier molecular flexibility index (Phi) is 6.06. The Morgan fingerprint density at radius 3 is 2.76 bits per heavy atom. The fraction of sp³-hybridized carbons (Fsp3) is 0.733. The van der Waals surface area contributed by atoms with E-state index in [0.29, 0.717) is 5.82 Å². The number of nitrogens with one attached hydrogen (secondary N) is 3. The number of nitrogens with zero attached hydrogens (tertiary/aromatic N) is 1. The van der Waals surface area contributed by atoms with Crippen molar-refractivity contribution in [3.8, 4) is 0 Å². The van der Waals surface area contributed by atoms with Gasteiger partial charge in [0.25, 0.3) is 0 Å². The van der Waals surface area contributed by atoms with Crippen molar-refractivity contribution in [1.29, 1.82) is 0 Å². The lowest BCUT2D eigenvalue weighted by Crippen LogP contribution is -2.35. The van der Waals surface area contributed by atoms with Crippen LogP contribution in [0.25, 0.3) is 0 Å². The molecule has 1 saturated heterocycles. The van der Waals surface area contributed by atoms with Crippen molar-refractivity contribution < 1.29 is 4.79 Å². The molecule has 1 atom stereocenters. The molecule has 1 amide bonds. The molecule has 3 N–H and O–H groups in total. The molecule has 1 aromatic heterocycles. The highest BCUT2D eigenvalue weighted by Gasteiger charge is 2.22. The molecule has 0 radical (unpaired) electrons. The highest BCUT2D eigenvalue weighted by atomic mass is 35.5. The van der Waals surface area contributed by atoms with Gasteiger partial charge in [-0.15, -0.1) is 12.4 Å². The van der Waals surface area contributed by atoms with Crippen LogP contribution in [0.4, 0.5) is 5.82 Å². The van der Waals surface area contributed by atoms with Gasteiger partial charge in [0.05, 0.1) is 6.04 Å². The van der Waals surface area contributed by atoms with Gasteiger partial charge in [-0.3, -0.25) is 9.89 Å². The first-order valence-corrected chi connectivity index (χ1v) is 7.90. The summed E-state index contributed by atoms with van der Waals surface area (Å²) >= 11 is 0. The van der Waals surface area contributed by atoms with Gasteiger partial charge in [-0.1, -0.05) is 32.1 Å². The summed E-state index contributed by atoms with van der Waals surface area (Å²) in [5, 5.41) is 13.4. The van der Waals surface area contributed by atoms with E-state index >= 15 is 0 Å². The largest absolute Gasteiger partial charge is 0.308 e. The second kappa shape index (κ2) is 7.80. The van der Waals surface area contributed by atoms with Gasteiger partial charge in [-0.2, -0.15) is 5.10 Å². The average molecular weight is 313 g/mol. The van der Waals surface area contributed by atoms with Crippen LogP contribution in [0, 0.1) is 5.92 Å². The summed E-state index contributed by atoms with van der Waals surface area (Å²) in [6.45, 7) is 0.936. The number of aromatic nitrogens is 2. The molecule has 1 saturated carbocycles. The third-order valence-electron chi connectivity index (χ3n) is 4.49. The second-order valence-corrected chi connectivity index (χ2v) is 6.12. The van der Waals surface area contributed by atoms with Crippen molar-refractivity contribution in [3.05, 3.63) is 11.8 Å². The molecule has 1 aliphatic heterocycles. The Balaban J connectivity index is 0.00000161. The zero-order chi connectivity index (χ0) is 13.8. The zero-order valence-corrected chi connectivity index (χ0v) is 13.2. The summed E-state index contributed by atoms with van der Waals surface area (Å²) < 4.78 is 0. The number of rotatable bonds is 4. The number of carbonyl (C=O) groups excluding carboxylic acids is 1. The van der Waals surface area contributed by atoms with Gasteiger partial charge in [-0.05, 0) is 31.7 Å². The third kappa shape index (κ3) is 4.45. The van der Waals surface area contributed by atoms with Crippen molar-refractivity contribution in [1.82, 2.24) is 15.5 Å². The van der Waals surface area contributed by atoms with Gasteiger partial charge < -0.3 is 10.6 Å². The van der Waals surface area contributed by atoms with E-state index in [1.165, 1.54) is 32.1 Å². The summed E-state index contributed by atoms with van der Waals surface area (Å²) in [5.41, 5.74) is 1.14. The van der Waals surface area contributed by atoms with Gasteiger partial charge in [0.2, 0.25) is 5.91 Å². The normalized spacial score (nSPS) is 22.8. The molecule has 0 aromatic carbocycles. The number of halogens is 1. The molecule has 6 heteroatoms. The summed E-state index contributed by atoms with van der Waals surface area (Å²) in [7, 11) is 0. The Morgan fingerprint density at radius 2 is 2.05 bits per heavy atom. The lowest BCUT2D eigenvalue weighted by atomic mass is 9.86. The molecular formula is C15H25ClN4O. The Labute approximate surface area is 132 Å². The Morgan fingerprint density at radius 1 is 1.24 bits per heavy atom. The summed E-state index contributed by atoms with van der Waals surface area (Å²) in [6, 6.07) is 1.94. The smallest absolute Gasteiger partial charge is 0.242 e. The van der Waals surface area contributed by atoms with E-state index in [-0.39, 0.29) is 24.4 Å². The predicted octanol–water partition coefficient (Wildman–Crippen LogP) is 2.64. The molecule has 2 aliphatic rings. The monoisotopic (exact) mass is 312 g/mol. The Bertz CT molecular complexity index is 450. The third-order valence-corrected chi connectivity index (χ3v) is 4.49. The standard InChI is InChI=1S/C15H24N4O.ClH/c20-15(13-7-4-8-16-13)17-14-10-12(18-19-14)9-11-5-2-1-3-6-11;/h10-11,13,16H,1-9H2,(H2,17,18,19,20);1H. The average Bonchev–Trinajstić information content (AvgIpc) is 3.11. The topological polar surface area (TPSA) is 69.8 Å². The molecule has 1 unspecified atom stereocenters. The van der Waals surface area contributed by atoms with Gasteiger partial charge in [0, 0.05) is 11.8 Å². The van der Waals surface area contributed by atoms with E-state index in [2.05, 4.69) is 20.8 Å². The van der Waals surface area contributed by atoms with Gasteiger partial charge in [0.1, 0.15) is 0 Å². The first-order valence-electron chi connectivity index (χ1n) is 7.90. The number of hydrogen-bond donors (Lipinski definition) is 3. The van der Waals surface area contributed by atoms with Crippen LogP contribution in [0.3, 0.4) is 0 Å². The van der Waals surface area contributed by atoms with Crippen LogP contribution in [0.2, 0.25) is 0 Å². The Hall–Kier alpha value is -1.07. The van der Waals surface area contributed by atoms with Crippen molar-refractivity contribution in [3.63, 3.8) is 0 Å². The van der Waals surface area contributed by atoms with E-state index in [1.807, 2.05) is 6.07 Å². The van der Waals surface area contributed by atoms with E-state index in [0.717, 1.165) is 37.4 Å². The van der Waals surface area contributed by atoms with Gasteiger partial charge >= 0.3 is 0 Å². The summed E-state index contributed by atoms with van der Waals surface area (Å²) in [4.78, 5) is 12.0. The zero-order valence-electron chi connectivity index (χ0n) is 12.4. The molecule has 21 heavy (non-hydrogen) atoms. The number of hydrogen-bond acceptors (Lipinski definition) is 3. The lowest BCUT2D eigenvalue weighted by Gasteiger charge is -2.20. The van der Waals surface area contributed by atoms with Crippen LogP contribution in [0.5, 0.6) is 0 Å². The molecule has 2 heterocycles. The van der Waals surface area contributed by atoms with E-state index < -0.39 is 0 Å². The number of aromatic amines is 1. The SMILES string of the molecule is Cl.O=C(Nc1cc(CC2CCCCC2)[nH]n1)C1CCCN1. The van der Waals surface area contributed by atoms with Gasteiger partial charge in [-0.25, -0.2) is 0 Å². The van der Waals surface area contributed by atoms with Crippen molar-refractivity contribution in [2.45, 2.75) is 57.4 Å². The van der Waals surface area contributed by atoms with E-state index in [1.54, 1.807) is 0 Å². The van der Waals surface area contributed by atoms with Crippen LogP contribution in [0.15, 0.2) is 6.07 Å². The first kappa shape index (κ1) is 16.3. The van der Waals surface area contributed by atoms with Gasteiger partial charge in [0.15, 0.2) is 5.82 Å². The molecule has 3 rings (SSSR count). The number of amides is 1. The molecule has 1 aliphatic carbocycles. The first-order chi connectivity index (χ1) is 9.81. The minimum absolute atomic E-state index is 0. The summed E-state index contributed by atoms with van der Waals surface area (Å²) in [5.74, 6) is 1.48. The van der Waals surface area contributed by atoms with Crippen molar-refractivity contribution >= 4 is 24.1 Å². The van der Waals surface area contributed by atoms with Crippen LogP contribution >= 0.6 is 12.4 Å². The summed E-state index contributed by atoms with van der Waals surface area (Å²) in [6.07, 6.45) is 9.81. The highest BCUT2D eigenvalue weighted by Crippen LogP contribution is 2.26. The van der Waals surface area contributed by atoms with Crippen LogP contribution in [0.1, 0.15) is 50.6 Å². The molecule has 0 spiro atoms. The van der Waals surface area contributed by atoms with Crippen LogP contribution in [-0.2, 0) is 11.2 Å². The van der Waals surface area contributed by atoms with E-state index in [9.17, 15) is 4.79 Å². The molecule has 5 nitrogen and oxygen atoms in total. The molecule has 0 bridgehead atoms. The molecule has 2 fully saturated rings. The predicted molar refractivity (Wildman–Crippen MR) is 85.8 cm³/mol. The maximum atomic E-state index is 12.0. The number of carbonyl (C=O) groups is 1. The van der Waals surface area contributed by atoms with Crippen molar-refractivity contribution in [2.75, 3.05) is 11.9 Å². The van der Waals surface area contributed by atoms with E-state index in [4.69, 9.17) is 0 Å². The fourth-order valence-corrected chi connectivity index (χ4v) is 3.35. The van der Waals surface area contributed by atoms with Crippen molar-refractivity contribution in [2.24, 2.45) is 5.92 Å². The molecule has 1 aromatic rings. The quantitative estimate of drug-likeness (QED) is 0.800. The fourth-order valence-electron chi connectivity index (χ4n) is 3.35. The second-order valence-electron chi connectivity index (χ2n) is 6.12. The van der Waals surface area contributed by atoms with Crippen LogP contribution < -0.4 is 10.6 Å². The molecule has 118 valence electrons. The number of H-pyrrole nitrogens is 1.